The van der Waals surface area contributed by atoms with Crippen LogP contribution in [-0.4, -0.2) is 0 Å². The topological polar surface area (TPSA) is 60.4 Å². The Balaban J connectivity index is 1.69. The maximum Gasteiger partial charge on any atom is 0.336 e. The smallest absolute Gasteiger partial charge is 0.336 e. The number of rotatable bonds is 4. The highest BCUT2D eigenvalue weighted by molar-refractivity contribution is 6.01. The van der Waals surface area contributed by atoms with Crippen LogP contribution < -0.4 is 11.3 Å². The molecule has 0 atom stereocenters. The van der Waals surface area contributed by atoms with Crippen LogP contribution >= 0.6 is 0 Å². The molecule has 0 saturated carbocycles. The van der Waals surface area contributed by atoms with Crippen LogP contribution in [0.5, 0.6) is 0 Å². The third kappa shape index (κ3) is 4.07. The van der Waals surface area contributed by atoms with E-state index >= 15 is 0 Å². The minimum atomic E-state index is -0.466. The molecule has 2 heterocycles. The molecule has 0 aliphatic carbocycles. The Hall–Kier alpha value is -4.44. The molecule has 0 spiro atoms. The number of hydrogen-bond donors (Lipinski definition) is 0. The number of fused-ring (bicyclic) bond motifs is 2. The van der Waals surface area contributed by atoms with E-state index in [1.54, 1.807) is 6.07 Å². The van der Waals surface area contributed by atoms with Crippen LogP contribution in [0.4, 0.5) is 0 Å². The Labute approximate surface area is 183 Å². The molecule has 2 aromatic heterocycles. The first-order valence-corrected chi connectivity index (χ1v) is 10.2. The molecule has 154 valence electrons. The molecule has 0 amide bonds. The van der Waals surface area contributed by atoms with Crippen molar-refractivity contribution in [1.29, 1.82) is 0 Å². The van der Waals surface area contributed by atoms with Gasteiger partial charge >= 0.3 is 11.3 Å². The zero-order chi connectivity index (χ0) is 21.9. The van der Waals surface area contributed by atoms with Crippen molar-refractivity contribution in [2.75, 3.05) is 0 Å². The summed E-state index contributed by atoms with van der Waals surface area (Å²) in [6, 6.07) is 26.1. The molecule has 0 unspecified atom stereocenters. The Morgan fingerprint density at radius 1 is 0.500 bits per heavy atom. The lowest BCUT2D eigenvalue weighted by atomic mass is 10.0. The van der Waals surface area contributed by atoms with E-state index in [1.165, 1.54) is 12.1 Å². The predicted molar refractivity (Wildman–Crippen MR) is 129 cm³/mol. The first-order valence-electron chi connectivity index (χ1n) is 10.2. The molecule has 4 nitrogen and oxygen atoms in total. The van der Waals surface area contributed by atoms with Crippen molar-refractivity contribution in [3.05, 3.63) is 128 Å². The summed E-state index contributed by atoms with van der Waals surface area (Å²) in [7, 11) is 0. The van der Waals surface area contributed by atoms with Gasteiger partial charge in [-0.15, -0.1) is 0 Å². The van der Waals surface area contributed by atoms with E-state index in [9.17, 15) is 9.59 Å². The summed E-state index contributed by atoms with van der Waals surface area (Å²) in [6.07, 6.45) is 7.66. The fourth-order valence-corrected chi connectivity index (χ4v) is 3.64. The lowest BCUT2D eigenvalue weighted by molar-refractivity contribution is 0.549. The molecule has 5 rings (SSSR count). The average Bonchev–Trinajstić information content (AvgIpc) is 2.81. The third-order valence-corrected chi connectivity index (χ3v) is 5.18. The first kappa shape index (κ1) is 19.5. The largest absolute Gasteiger partial charge is 0.423 e. The Bertz CT molecular complexity index is 1470. The van der Waals surface area contributed by atoms with Crippen LogP contribution in [0.3, 0.4) is 0 Å². The minimum Gasteiger partial charge on any atom is -0.423 e. The average molecular weight is 418 g/mol. The highest BCUT2D eigenvalue weighted by atomic mass is 16.4. The second-order valence-electron chi connectivity index (χ2n) is 7.37. The fraction of sp³-hybridized carbons (Fsp3) is 0. The van der Waals surface area contributed by atoms with Gasteiger partial charge in [0.05, 0.1) is 0 Å². The van der Waals surface area contributed by atoms with Gasteiger partial charge in [0, 0.05) is 29.0 Å². The first-order chi connectivity index (χ1) is 15.7. The van der Waals surface area contributed by atoms with E-state index in [1.807, 2.05) is 91.0 Å². The van der Waals surface area contributed by atoms with Crippen molar-refractivity contribution in [3.63, 3.8) is 0 Å². The lowest BCUT2D eigenvalue weighted by Gasteiger charge is -2.06. The van der Waals surface area contributed by atoms with Gasteiger partial charge in [-0.2, -0.15) is 0 Å². The van der Waals surface area contributed by atoms with Crippen LogP contribution in [0.25, 0.3) is 46.2 Å². The van der Waals surface area contributed by atoms with Crippen molar-refractivity contribution in [2.45, 2.75) is 0 Å². The van der Waals surface area contributed by atoms with Gasteiger partial charge in [0.1, 0.15) is 11.2 Å². The lowest BCUT2D eigenvalue weighted by Crippen LogP contribution is -2.00. The standard InChI is InChI=1S/C28H18O4/c29-27-15-21(13-11-19-7-3-1-4-8-19)23-17-24-22(14-12-20-9-5-2-6-10-20)16-28(30)32-26(24)18-25(23)31-27/h1-18H/b13-11+,14-12+. The SMILES string of the molecule is O=c1cc(/C=C/c2ccccc2)c2cc3c(/C=C/c4ccccc4)cc(=O)oc3cc2o1. The van der Waals surface area contributed by atoms with Crippen molar-refractivity contribution in [3.8, 4) is 0 Å². The summed E-state index contributed by atoms with van der Waals surface area (Å²) in [5, 5.41) is 1.51. The van der Waals surface area contributed by atoms with E-state index in [0.717, 1.165) is 33.0 Å². The van der Waals surface area contributed by atoms with E-state index in [4.69, 9.17) is 8.83 Å². The van der Waals surface area contributed by atoms with Crippen molar-refractivity contribution < 1.29 is 8.83 Å². The van der Waals surface area contributed by atoms with E-state index in [0.29, 0.717) is 11.2 Å². The summed E-state index contributed by atoms with van der Waals surface area (Å²) in [5.41, 5.74) is 3.30. The maximum atomic E-state index is 12.1. The Morgan fingerprint density at radius 3 is 1.38 bits per heavy atom. The molecule has 0 N–H and O–H groups in total. The van der Waals surface area contributed by atoms with E-state index < -0.39 is 11.3 Å². The van der Waals surface area contributed by atoms with Crippen LogP contribution in [0.15, 0.2) is 103 Å². The normalized spacial score (nSPS) is 11.8. The molecular formula is C28H18O4. The predicted octanol–water partition coefficient (Wildman–Crippen LogP) is 6.24. The highest BCUT2D eigenvalue weighted by Gasteiger charge is 2.10. The molecule has 32 heavy (non-hydrogen) atoms. The molecule has 0 aliphatic heterocycles. The van der Waals surface area contributed by atoms with E-state index in [-0.39, 0.29) is 0 Å². The third-order valence-electron chi connectivity index (χ3n) is 5.18. The molecule has 5 aromatic rings. The molecular weight excluding hydrogens is 400 g/mol. The van der Waals surface area contributed by atoms with Gasteiger partial charge in [0.15, 0.2) is 0 Å². The zero-order valence-electron chi connectivity index (χ0n) is 17.0. The summed E-state index contributed by atoms with van der Waals surface area (Å²) >= 11 is 0. The minimum absolute atomic E-state index is 0.366. The van der Waals surface area contributed by atoms with Gasteiger partial charge in [-0.25, -0.2) is 9.59 Å². The molecule has 0 fully saturated rings. The Kier molecular flexibility index (Phi) is 5.10. The van der Waals surface area contributed by atoms with Crippen molar-refractivity contribution in [1.82, 2.24) is 0 Å². The van der Waals surface area contributed by atoms with Crippen LogP contribution in [-0.2, 0) is 0 Å². The summed E-state index contributed by atoms with van der Waals surface area (Å²) in [6.45, 7) is 0. The molecule has 0 bridgehead atoms. The number of hydrogen-bond acceptors (Lipinski definition) is 4. The number of benzene rings is 3. The van der Waals surface area contributed by atoms with E-state index in [2.05, 4.69) is 0 Å². The molecule has 0 saturated heterocycles. The van der Waals surface area contributed by atoms with Crippen LogP contribution in [0.1, 0.15) is 22.3 Å². The van der Waals surface area contributed by atoms with Gasteiger partial charge in [-0.05, 0) is 28.3 Å². The van der Waals surface area contributed by atoms with Gasteiger partial charge < -0.3 is 8.83 Å². The van der Waals surface area contributed by atoms with Gasteiger partial charge in [-0.1, -0.05) is 85.0 Å². The molecule has 0 aliphatic rings. The quantitative estimate of drug-likeness (QED) is 0.256. The second kappa shape index (κ2) is 8.36. The van der Waals surface area contributed by atoms with Crippen LogP contribution in [0, 0.1) is 0 Å². The maximum absolute atomic E-state index is 12.1. The second-order valence-corrected chi connectivity index (χ2v) is 7.37. The van der Waals surface area contributed by atoms with Crippen LogP contribution in [0.2, 0.25) is 0 Å². The van der Waals surface area contributed by atoms with Crippen molar-refractivity contribution in [2.24, 2.45) is 0 Å². The molecule has 4 heteroatoms. The summed E-state index contributed by atoms with van der Waals surface area (Å²) in [4.78, 5) is 24.3. The summed E-state index contributed by atoms with van der Waals surface area (Å²) in [5.74, 6) is 0. The van der Waals surface area contributed by atoms with Gasteiger partial charge in [0.25, 0.3) is 0 Å². The molecule has 0 radical (unpaired) electrons. The molecule has 3 aromatic carbocycles. The van der Waals surface area contributed by atoms with Gasteiger partial charge in [0.2, 0.25) is 0 Å². The Morgan fingerprint density at radius 2 is 0.938 bits per heavy atom. The fourth-order valence-electron chi connectivity index (χ4n) is 3.64. The highest BCUT2D eigenvalue weighted by Crippen LogP contribution is 2.28. The monoisotopic (exact) mass is 418 g/mol. The summed E-state index contributed by atoms with van der Waals surface area (Å²) < 4.78 is 10.8. The van der Waals surface area contributed by atoms with Gasteiger partial charge in [-0.3, -0.25) is 0 Å². The van der Waals surface area contributed by atoms with Crippen molar-refractivity contribution >= 4 is 46.2 Å². The zero-order valence-corrected chi connectivity index (χ0v) is 17.0.